The van der Waals surface area contributed by atoms with Crippen LogP contribution in [-0.2, 0) is 6.42 Å². The minimum absolute atomic E-state index is 0.0561. The lowest BCUT2D eigenvalue weighted by Gasteiger charge is -2.25. The van der Waals surface area contributed by atoms with E-state index in [0.717, 1.165) is 18.7 Å². The van der Waals surface area contributed by atoms with Gasteiger partial charge in [-0.25, -0.2) is 14.4 Å². The molecule has 152 valence electrons. The lowest BCUT2D eigenvalue weighted by Crippen LogP contribution is -2.37. The summed E-state index contributed by atoms with van der Waals surface area (Å²) in [5, 5.41) is 23.8. The van der Waals surface area contributed by atoms with Gasteiger partial charge >= 0.3 is 0 Å². The maximum absolute atomic E-state index is 14.1. The van der Waals surface area contributed by atoms with Gasteiger partial charge in [-0.05, 0) is 55.8 Å². The molecule has 2 aromatic rings. The zero-order valence-corrected chi connectivity index (χ0v) is 16.6. The fourth-order valence-corrected chi connectivity index (χ4v) is 4.06. The van der Waals surface area contributed by atoms with Crippen molar-refractivity contribution in [3.05, 3.63) is 48.0 Å². The van der Waals surface area contributed by atoms with E-state index in [0.29, 0.717) is 30.1 Å². The number of benzene rings is 1. The molecule has 1 aromatic carbocycles. The molecule has 0 bridgehead atoms. The summed E-state index contributed by atoms with van der Waals surface area (Å²) >= 11 is 0. The number of aliphatic hydroxyl groups excluding tert-OH is 2. The van der Waals surface area contributed by atoms with Gasteiger partial charge in [0, 0.05) is 30.5 Å². The molecule has 1 saturated carbocycles. The van der Waals surface area contributed by atoms with E-state index >= 15 is 0 Å². The molecule has 3 rings (SSSR count). The van der Waals surface area contributed by atoms with Gasteiger partial charge in [0.15, 0.2) is 5.82 Å². The largest absolute Gasteiger partial charge is 0.396 e. The van der Waals surface area contributed by atoms with Crippen LogP contribution in [0.15, 0.2) is 36.5 Å². The van der Waals surface area contributed by atoms with Crippen molar-refractivity contribution in [3.8, 4) is 11.4 Å². The van der Waals surface area contributed by atoms with Gasteiger partial charge in [-0.3, -0.25) is 0 Å². The molecular weight excluding hydrogens is 357 g/mol. The summed E-state index contributed by atoms with van der Waals surface area (Å²) in [6.45, 7) is 5.20. The maximum Gasteiger partial charge on any atom is 0.162 e. The third-order valence-corrected chi connectivity index (χ3v) is 5.67. The molecule has 0 unspecified atom stereocenters. The zero-order chi connectivity index (χ0) is 20.1. The second-order valence-corrected chi connectivity index (χ2v) is 8.11. The number of hydrogen-bond donors (Lipinski definition) is 3. The second-order valence-electron chi connectivity index (χ2n) is 8.11. The Morgan fingerprint density at radius 2 is 2.00 bits per heavy atom. The van der Waals surface area contributed by atoms with Gasteiger partial charge in [-0.2, -0.15) is 0 Å². The van der Waals surface area contributed by atoms with E-state index in [-0.39, 0.29) is 30.3 Å². The predicted molar refractivity (Wildman–Crippen MR) is 107 cm³/mol. The van der Waals surface area contributed by atoms with Crippen LogP contribution in [0.1, 0.15) is 32.4 Å². The Balaban J connectivity index is 1.77. The van der Waals surface area contributed by atoms with Crippen molar-refractivity contribution in [3.63, 3.8) is 0 Å². The molecule has 1 aromatic heterocycles. The van der Waals surface area contributed by atoms with Gasteiger partial charge in [0.2, 0.25) is 0 Å². The van der Waals surface area contributed by atoms with Crippen LogP contribution in [0.3, 0.4) is 0 Å². The lowest BCUT2D eigenvalue weighted by atomic mass is 9.88. The fraction of sp³-hybridized carbons (Fsp3) is 0.545. The second kappa shape index (κ2) is 9.54. The van der Waals surface area contributed by atoms with E-state index in [1.807, 2.05) is 6.07 Å². The quantitative estimate of drug-likeness (QED) is 0.649. The summed E-state index contributed by atoms with van der Waals surface area (Å²) in [4.78, 5) is 8.78. The number of aliphatic hydroxyl groups is 2. The minimum atomic E-state index is -0.528. The maximum atomic E-state index is 14.1. The Morgan fingerprint density at radius 3 is 2.71 bits per heavy atom. The van der Waals surface area contributed by atoms with Crippen molar-refractivity contribution in [2.75, 3.05) is 13.2 Å². The van der Waals surface area contributed by atoms with Crippen molar-refractivity contribution < 1.29 is 14.6 Å². The third-order valence-electron chi connectivity index (χ3n) is 5.67. The monoisotopic (exact) mass is 387 g/mol. The van der Waals surface area contributed by atoms with Crippen LogP contribution >= 0.6 is 0 Å². The molecule has 0 amide bonds. The highest BCUT2D eigenvalue weighted by Gasteiger charge is 2.41. The zero-order valence-electron chi connectivity index (χ0n) is 16.6. The SMILES string of the molecule is CC(C)CCN[C@@H]1C[C@@H](O)[C@H](CO)[C@H]1Cc1ccnc(-c2ccccc2F)n1. The van der Waals surface area contributed by atoms with Gasteiger partial charge in [0.05, 0.1) is 11.7 Å². The number of halogens is 1. The minimum Gasteiger partial charge on any atom is -0.396 e. The molecule has 5 nitrogen and oxygen atoms in total. The van der Waals surface area contributed by atoms with Gasteiger partial charge in [0.25, 0.3) is 0 Å². The van der Waals surface area contributed by atoms with E-state index in [4.69, 9.17) is 0 Å². The van der Waals surface area contributed by atoms with Crippen LogP contribution < -0.4 is 5.32 Å². The van der Waals surface area contributed by atoms with Crippen LogP contribution in [0.25, 0.3) is 11.4 Å². The molecule has 1 heterocycles. The molecule has 28 heavy (non-hydrogen) atoms. The number of rotatable bonds is 8. The highest BCUT2D eigenvalue weighted by Crippen LogP contribution is 2.35. The summed E-state index contributed by atoms with van der Waals surface area (Å²) in [5.41, 5.74) is 1.17. The molecule has 0 saturated heterocycles. The van der Waals surface area contributed by atoms with E-state index in [2.05, 4.69) is 29.1 Å². The average molecular weight is 387 g/mol. The van der Waals surface area contributed by atoms with Crippen molar-refractivity contribution >= 4 is 0 Å². The average Bonchev–Trinajstić information content (AvgIpc) is 2.96. The summed E-state index contributed by atoms with van der Waals surface area (Å²) in [5.74, 6) is 0.492. The predicted octanol–water partition coefficient (Wildman–Crippen LogP) is 2.82. The summed E-state index contributed by atoms with van der Waals surface area (Å²) in [6, 6.07) is 8.42. The molecule has 4 atom stereocenters. The Labute approximate surface area is 166 Å². The fourth-order valence-electron chi connectivity index (χ4n) is 4.06. The molecule has 3 N–H and O–H groups in total. The van der Waals surface area contributed by atoms with E-state index in [1.165, 1.54) is 6.07 Å². The first-order chi connectivity index (χ1) is 13.5. The first-order valence-corrected chi connectivity index (χ1v) is 10.1. The first kappa shape index (κ1) is 20.8. The summed E-state index contributed by atoms with van der Waals surface area (Å²) in [7, 11) is 0. The Bertz CT molecular complexity index is 771. The van der Waals surface area contributed by atoms with Gasteiger partial charge in [-0.1, -0.05) is 26.0 Å². The molecule has 1 aliphatic rings. The van der Waals surface area contributed by atoms with Crippen molar-refractivity contribution in [2.45, 2.75) is 45.3 Å². The standard InChI is InChI=1S/C22H30FN3O2/c1-14(2)7-9-24-20-12-21(28)18(13-27)17(20)11-15-8-10-25-22(26-15)16-5-3-4-6-19(16)23/h3-6,8,10,14,17-18,20-21,24,27-28H,7,9,11-13H2,1-2H3/t17-,18-,20-,21-/m1/s1. The Kier molecular flexibility index (Phi) is 7.10. The van der Waals surface area contributed by atoms with Crippen LogP contribution in [0, 0.1) is 23.6 Å². The van der Waals surface area contributed by atoms with Gasteiger partial charge < -0.3 is 15.5 Å². The third kappa shape index (κ3) is 4.93. The molecule has 1 fully saturated rings. The Hall–Kier alpha value is -1.89. The van der Waals surface area contributed by atoms with Crippen LogP contribution in [0.2, 0.25) is 0 Å². The number of aromatic nitrogens is 2. The highest BCUT2D eigenvalue weighted by atomic mass is 19.1. The molecule has 6 heteroatoms. The Morgan fingerprint density at radius 1 is 1.21 bits per heavy atom. The topological polar surface area (TPSA) is 78.3 Å². The number of hydrogen-bond acceptors (Lipinski definition) is 5. The van der Waals surface area contributed by atoms with Gasteiger partial charge in [0.1, 0.15) is 5.82 Å². The lowest BCUT2D eigenvalue weighted by molar-refractivity contribution is 0.0716. The van der Waals surface area contributed by atoms with Crippen molar-refractivity contribution in [2.24, 2.45) is 17.8 Å². The molecule has 0 spiro atoms. The van der Waals surface area contributed by atoms with Crippen LogP contribution in [0.4, 0.5) is 4.39 Å². The van der Waals surface area contributed by atoms with Crippen molar-refractivity contribution in [1.82, 2.24) is 15.3 Å². The summed E-state index contributed by atoms with van der Waals surface area (Å²) in [6.07, 6.45) is 3.41. The highest BCUT2D eigenvalue weighted by molar-refractivity contribution is 5.55. The smallest absolute Gasteiger partial charge is 0.162 e. The van der Waals surface area contributed by atoms with Gasteiger partial charge in [-0.15, -0.1) is 0 Å². The molecule has 0 radical (unpaired) electrons. The van der Waals surface area contributed by atoms with E-state index in [1.54, 1.807) is 24.4 Å². The molecular formula is C22H30FN3O2. The number of nitrogens with one attached hydrogen (secondary N) is 1. The van der Waals surface area contributed by atoms with Crippen LogP contribution in [0.5, 0.6) is 0 Å². The van der Waals surface area contributed by atoms with Crippen LogP contribution in [-0.4, -0.2) is 45.5 Å². The van der Waals surface area contributed by atoms with E-state index in [9.17, 15) is 14.6 Å². The molecule has 1 aliphatic carbocycles. The summed E-state index contributed by atoms with van der Waals surface area (Å²) < 4.78 is 14.1. The molecule has 0 aliphatic heterocycles. The van der Waals surface area contributed by atoms with E-state index < -0.39 is 6.10 Å². The number of nitrogens with zero attached hydrogens (tertiary/aromatic N) is 2. The normalized spacial score (nSPS) is 24.8. The first-order valence-electron chi connectivity index (χ1n) is 10.1. The van der Waals surface area contributed by atoms with Crippen molar-refractivity contribution in [1.29, 1.82) is 0 Å².